The van der Waals surface area contributed by atoms with Crippen LogP contribution in [-0.4, -0.2) is 42.0 Å². The van der Waals surface area contributed by atoms with Crippen LogP contribution in [0.15, 0.2) is 29.1 Å². The summed E-state index contributed by atoms with van der Waals surface area (Å²) in [6.07, 6.45) is 0.946. The van der Waals surface area contributed by atoms with Crippen LogP contribution in [0.4, 0.5) is 5.69 Å². The Morgan fingerprint density at radius 2 is 2.14 bits per heavy atom. The molecule has 2 aromatic rings. The number of hydrogen-bond donors (Lipinski definition) is 0. The monoisotopic (exact) mass is 335 g/mol. The summed E-state index contributed by atoms with van der Waals surface area (Å²) < 4.78 is 0. The van der Waals surface area contributed by atoms with Gasteiger partial charge in [-0.25, -0.2) is 4.98 Å². The molecule has 1 saturated heterocycles. The van der Waals surface area contributed by atoms with E-state index in [0.29, 0.717) is 12.2 Å². The zero-order chi connectivity index (χ0) is 15.5. The maximum Gasteiger partial charge on any atom is 0.273 e. The lowest BCUT2D eigenvalue weighted by Gasteiger charge is -2.25. The highest BCUT2D eigenvalue weighted by atomic mass is 35.5. The summed E-state index contributed by atoms with van der Waals surface area (Å²) in [4.78, 5) is 20.7. The summed E-state index contributed by atoms with van der Waals surface area (Å²) in [6.45, 7) is 5.27. The van der Waals surface area contributed by atoms with Gasteiger partial charge < -0.3 is 9.80 Å². The Labute approximate surface area is 139 Å². The Morgan fingerprint density at radius 1 is 1.27 bits per heavy atom. The standard InChI is InChI=1S/C16H18ClN3OS/c1-12-13(17)4-2-5-15(12)19-6-3-7-20(9-8-19)16(21)14-10-22-11-18-14/h2,4-5,10-11H,3,6-9H2,1H3. The lowest BCUT2D eigenvalue weighted by molar-refractivity contribution is 0.0762. The first kappa shape index (κ1) is 15.3. The van der Waals surface area contributed by atoms with Crippen LogP contribution >= 0.6 is 22.9 Å². The van der Waals surface area contributed by atoms with Crippen LogP contribution in [0, 0.1) is 6.92 Å². The Hall–Kier alpha value is -1.59. The Balaban J connectivity index is 1.72. The molecule has 0 atom stereocenters. The second-order valence-electron chi connectivity index (χ2n) is 5.39. The van der Waals surface area contributed by atoms with E-state index in [0.717, 1.165) is 42.3 Å². The van der Waals surface area contributed by atoms with Gasteiger partial charge in [0.25, 0.3) is 5.91 Å². The van der Waals surface area contributed by atoms with Crippen molar-refractivity contribution in [3.63, 3.8) is 0 Å². The normalized spacial score (nSPS) is 15.7. The molecule has 0 unspecified atom stereocenters. The molecule has 0 spiro atoms. The molecule has 3 rings (SSSR count). The molecule has 4 nitrogen and oxygen atoms in total. The first-order valence-electron chi connectivity index (χ1n) is 7.34. The highest BCUT2D eigenvalue weighted by Crippen LogP contribution is 2.27. The van der Waals surface area contributed by atoms with Crippen molar-refractivity contribution in [2.45, 2.75) is 13.3 Å². The molecule has 1 aromatic carbocycles. The summed E-state index contributed by atoms with van der Waals surface area (Å²) in [5.41, 5.74) is 4.52. The second kappa shape index (κ2) is 6.67. The van der Waals surface area contributed by atoms with Gasteiger partial charge in [-0.2, -0.15) is 0 Å². The van der Waals surface area contributed by atoms with E-state index in [9.17, 15) is 4.79 Å². The molecule has 0 saturated carbocycles. The number of thiazole rings is 1. The van der Waals surface area contributed by atoms with Crippen molar-refractivity contribution in [3.8, 4) is 0 Å². The highest BCUT2D eigenvalue weighted by molar-refractivity contribution is 7.07. The number of hydrogen-bond acceptors (Lipinski definition) is 4. The van der Waals surface area contributed by atoms with Crippen molar-refractivity contribution in [3.05, 3.63) is 45.4 Å². The minimum absolute atomic E-state index is 0.0333. The molecule has 1 fully saturated rings. The molecular formula is C16H18ClN3OS. The van der Waals surface area contributed by atoms with Crippen LogP contribution in [0.1, 0.15) is 22.5 Å². The SMILES string of the molecule is Cc1c(Cl)cccc1N1CCCN(C(=O)c2cscn2)CC1. The number of anilines is 1. The number of nitrogens with zero attached hydrogens (tertiary/aromatic N) is 3. The molecule has 0 radical (unpaired) electrons. The number of carbonyl (C=O) groups is 1. The molecule has 1 aliphatic rings. The summed E-state index contributed by atoms with van der Waals surface area (Å²) >= 11 is 7.68. The molecule has 22 heavy (non-hydrogen) atoms. The third-order valence-corrected chi connectivity index (χ3v) is 5.01. The van der Waals surface area contributed by atoms with Crippen LogP contribution in [0.25, 0.3) is 0 Å². The van der Waals surface area contributed by atoms with E-state index in [-0.39, 0.29) is 5.91 Å². The van der Waals surface area contributed by atoms with Gasteiger partial charge >= 0.3 is 0 Å². The Morgan fingerprint density at radius 3 is 2.91 bits per heavy atom. The second-order valence-corrected chi connectivity index (χ2v) is 6.52. The van der Waals surface area contributed by atoms with Crippen LogP contribution in [0.2, 0.25) is 5.02 Å². The molecule has 1 amide bonds. The van der Waals surface area contributed by atoms with E-state index in [1.807, 2.05) is 29.3 Å². The quantitative estimate of drug-likeness (QED) is 0.843. The van der Waals surface area contributed by atoms with Gasteiger partial charge in [-0.3, -0.25) is 4.79 Å². The number of rotatable bonds is 2. The first-order chi connectivity index (χ1) is 10.7. The van der Waals surface area contributed by atoms with Gasteiger partial charge in [0.2, 0.25) is 0 Å². The van der Waals surface area contributed by atoms with E-state index < -0.39 is 0 Å². The zero-order valence-electron chi connectivity index (χ0n) is 12.5. The fourth-order valence-electron chi connectivity index (χ4n) is 2.78. The predicted octanol–water partition coefficient (Wildman–Crippen LogP) is 3.46. The third kappa shape index (κ3) is 3.10. The number of amides is 1. The lowest BCUT2D eigenvalue weighted by Crippen LogP contribution is -2.35. The van der Waals surface area contributed by atoms with Crippen molar-refractivity contribution in [2.24, 2.45) is 0 Å². The van der Waals surface area contributed by atoms with E-state index in [2.05, 4.69) is 16.0 Å². The maximum absolute atomic E-state index is 12.4. The summed E-state index contributed by atoms with van der Waals surface area (Å²) in [6, 6.07) is 5.99. The lowest BCUT2D eigenvalue weighted by atomic mass is 10.1. The van der Waals surface area contributed by atoms with Crippen molar-refractivity contribution in [1.82, 2.24) is 9.88 Å². The van der Waals surface area contributed by atoms with Gasteiger partial charge in [-0.1, -0.05) is 17.7 Å². The first-order valence-corrected chi connectivity index (χ1v) is 8.66. The van der Waals surface area contributed by atoms with E-state index in [1.165, 1.54) is 11.3 Å². The smallest absolute Gasteiger partial charge is 0.273 e. The van der Waals surface area contributed by atoms with Crippen molar-refractivity contribution in [1.29, 1.82) is 0 Å². The van der Waals surface area contributed by atoms with Crippen molar-refractivity contribution >= 4 is 34.5 Å². The number of halogens is 1. The maximum atomic E-state index is 12.4. The third-order valence-electron chi connectivity index (χ3n) is 4.01. The van der Waals surface area contributed by atoms with E-state index in [4.69, 9.17) is 11.6 Å². The zero-order valence-corrected chi connectivity index (χ0v) is 14.0. The van der Waals surface area contributed by atoms with Crippen molar-refractivity contribution in [2.75, 3.05) is 31.1 Å². The van der Waals surface area contributed by atoms with E-state index >= 15 is 0 Å². The molecule has 1 aliphatic heterocycles. The van der Waals surface area contributed by atoms with Gasteiger partial charge in [-0.05, 0) is 31.0 Å². The molecule has 0 aliphatic carbocycles. The summed E-state index contributed by atoms with van der Waals surface area (Å²) in [7, 11) is 0. The van der Waals surface area contributed by atoms with Gasteiger partial charge in [0.1, 0.15) is 5.69 Å². The molecule has 0 bridgehead atoms. The minimum Gasteiger partial charge on any atom is -0.369 e. The van der Waals surface area contributed by atoms with Crippen LogP contribution in [-0.2, 0) is 0 Å². The summed E-state index contributed by atoms with van der Waals surface area (Å²) in [5.74, 6) is 0.0333. The minimum atomic E-state index is 0.0333. The number of benzene rings is 1. The molecule has 1 aromatic heterocycles. The van der Waals surface area contributed by atoms with Gasteiger partial charge in [-0.15, -0.1) is 11.3 Å². The van der Waals surface area contributed by atoms with Crippen molar-refractivity contribution < 1.29 is 4.79 Å². The van der Waals surface area contributed by atoms with Crippen LogP contribution < -0.4 is 4.90 Å². The Kier molecular flexibility index (Phi) is 4.64. The molecule has 0 N–H and O–H groups in total. The number of aromatic nitrogens is 1. The molecule has 116 valence electrons. The average Bonchev–Trinajstić information content (AvgIpc) is 2.94. The van der Waals surface area contributed by atoms with Gasteiger partial charge in [0.05, 0.1) is 5.51 Å². The van der Waals surface area contributed by atoms with E-state index in [1.54, 1.807) is 5.51 Å². The number of carbonyl (C=O) groups excluding carboxylic acids is 1. The van der Waals surface area contributed by atoms with Crippen LogP contribution in [0.3, 0.4) is 0 Å². The Bertz CT molecular complexity index is 659. The molecule has 2 heterocycles. The fourth-order valence-corrected chi connectivity index (χ4v) is 3.48. The fraction of sp³-hybridized carbons (Fsp3) is 0.375. The molecule has 6 heteroatoms. The summed E-state index contributed by atoms with van der Waals surface area (Å²) in [5, 5.41) is 2.60. The van der Waals surface area contributed by atoms with Crippen LogP contribution in [0.5, 0.6) is 0 Å². The van der Waals surface area contributed by atoms with Gasteiger partial charge in [0, 0.05) is 42.3 Å². The highest BCUT2D eigenvalue weighted by Gasteiger charge is 2.22. The average molecular weight is 336 g/mol. The predicted molar refractivity (Wildman–Crippen MR) is 91.0 cm³/mol. The topological polar surface area (TPSA) is 36.4 Å². The largest absolute Gasteiger partial charge is 0.369 e. The molecular weight excluding hydrogens is 318 g/mol. The van der Waals surface area contributed by atoms with Gasteiger partial charge in [0.15, 0.2) is 0 Å².